The van der Waals surface area contributed by atoms with Gasteiger partial charge in [0.15, 0.2) is 11.6 Å². The topological polar surface area (TPSA) is 21.3 Å². The van der Waals surface area contributed by atoms with E-state index in [4.69, 9.17) is 4.74 Å². The SMILES string of the molecule is COc1cc(C(C)NC2CC(C)C2)ccc1F. The van der Waals surface area contributed by atoms with E-state index >= 15 is 0 Å². The molecule has 0 amide bonds. The van der Waals surface area contributed by atoms with Crippen LogP contribution in [0.4, 0.5) is 4.39 Å². The third-order valence-corrected chi connectivity index (χ3v) is 3.53. The Labute approximate surface area is 102 Å². The molecular formula is C14H20FNO. The summed E-state index contributed by atoms with van der Waals surface area (Å²) in [6.07, 6.45) is 2.48. The maximum atomic E-state index is 13.3. The van der Waals surface area contributed by atoms with Gasteiger partial charge in [0.1, 0.15) is 0 Å². The van der Waals surface area contributed by atoms with Crippen molar-refractivity contribution < 1.29 is 9.13 Å². The van der Waals surface area contributed by atoms with Gasteiger partial charge in [0.05, 0.1) is 7.11 Å². The molecule has 0 radical (unpaired) electrons. The molecule has 17 heavy (non-hydrogen) atoms. The van der Waals surface area contributed by atoms with E-state index in [-0.39, 0.29) is 11.9 Å². The normalized spacial score (nSPS) is 25.2. The van der Waals surface area contributed by atoms with Crippen molar-refractivity contribution >= 4 is 0 Å². The fourth-order valence-electron chi connectivity index (χ4n) is 2.43. The second-order valence-electron chi connectivity index (χ2n) is 5.06. The van der Waals surface area contributed by atoms with Crippen molar-refractivity contribution in [1.29, 1.82) is 0 Å². The number of rotatable bonds is 4. The van der Waals surface area contributed by atoms with Crippen LogP contribution in [0.25, 0.3) is 0 Å². The lowest BCUT2D eigenvalue weighted by Crippen LogP contribution is -2.41. The van der Waals surface area contributed by atoms with Crippen LogP contribution in [0.1, 0.15) is 38.3 Å². The first-order valence-corrected chi connectivity index (χ1v) is 6.19. The fourth-order valence-corrected chi connectivity index (χ4v) is 2.43. The Morgan fingerprint density at radius 2 is 2.12 bits per heavy atom. The van der Waals surface area contributed by atoms with Gasteiger partial charge in [0.25, 0.3) is 0 Å². The maximum Gasteiger partial charge on any atom is 0.165 e. The predicted octanol–water partition coefficient (Wildman–Crippen LogP) is 3.28. The molecule has 1 unspecified atom stereocenters. The molecule has 1 aromatic rings. The number of halogens is 1. The molecule has 1 aliphatic carbocycles. The molecule has 94 valence electrons. The highest BCUT2D eigenvalue weighted by Gasteiger charge is 2.26. The Bertz CT molecular complexity index is 388. The van der Waals surface area contributed by atoms with E-state index in [1.54, 1.807) is 6.07 Å². The molecule has 1 fully saturated rings. The average Bonchev–Trinajstić information content (AvgIpc) is 2.27. The molecule has 2 nitrogen and oxygen atoms in total. The van der Waals surface area contributed by atoms with Crippen LogP contribution in [0.15, 0.2) is 18.2 Å². The van der Waals surface area contributed by atoms with Crippen molar-refractivity contribution in [2.45, 2.75) is 38.8 Å². The van der Waals surface area contributed by atoms with Crippen molar-refractivity contribution in [2.75, 3.05) is 7.11 Å². The number of nitrogens with one attached hydrogen (secondary N) is 1. The molecule has 0 spiro atoms. The quantitative estimate of drug-likeness (QED) is 0.867. The molecule has 0 saturated heterocycles. The largest absolute Gasteiger partial charge is 0.494 e. The minimum absolute atomic E-state index is 0.238. The number of ether oxygens (including phenoxy) is 1. The van der Waals surface area contributed by atoms with Gasteiger partial charge >= 0.3 is 0 Å². The van der Waals surface area contributed by atoms with E-state index < -0.39 is 0 Å². The Balaban J connectivity index is 2.01. The minimum Gasteiger partial charge on any atom is -0.494 e. The summed E-state index contributed by atoms with van der Waals surface area (Å²) in [4.78, 5) is 0. The van der Waals surface area contributed by atoms with Crippen molar-refractivity contribution in [3.63, 3.8) is 0 Å². The Morgan fingerprint density at radius 1 is 1.41 bits per heavy atom. The highest BCUT2D eigenvalue weighted by Crippen LogP contribution is 2.29. The predicted molar refractivity (Wildman–Crippen MR) is 66.7 cm³/mol. The van der Waals surface area contributed by atoms with Crippen LogP contribution in [0.5, 0.6) is 5.75 Å². The first-order valence-electron chi connectivity index (χ1n) is 6.19. The zero-order chi connectivity index (χ0) is 12.4. The molecule has 1 aliphatic rings. The van der Waals surface area contributed by atoms with Gasteiger partial charge in [-0.15, -0.1) is 0 Å². The van der Waals surface area contributed by atoms with E-state index in [0.29, 0.717) is 11.8 Å². The van der Waals surface area contributed by atoms with Gasteiger partial charge < -0.3 is 10.1 Å². The molecular weight excluding hydrogens is 217 g/mol. The lowest BCUT2D eigenvalue weighted by atomic mass is 9.81. The van der Waals surface area contributed by atoms with Crippen LogP contribution >= 0.6 is 0 Å². The van der Waals surface area contributed by atoms with Gasteiger partial charge in [-0.1, -0.05) is 13.0 Å². The zero-order valence-electron chi connectivity index (χ0n) is 10.7. The molecule has 0 heterocycles. The lowest BCUT2D eigenvalue weighted by molar-refractivity contribution is 0.226. The number of benzene rings is 1. The van der Waals surface area contributed by atoms with E-state index in [2.05, 4.69) is 19.2 Å². The van der Waals surface area contributed by atoms with Crippen molar-refractivity contribution in [1.82, 2.24) is 5.32 Å². The summed E-state index contributed by atoms with van der Waals surface area (Å²) in [6, 6.07) is 5.90. The van der Waals surface area contributed by atoms with Crippen molar-refractivity contribution in [3.8, 4) is 5.75 Å². The van der Waals surface area contributed by atoms with E-state index in [9.17, 15) is 4.39 Å². The monoisotopic (exact) mass is 237 g/mol. The molecule has 0 aliphatic heterocycles. The summed E-state index contributed by atoms with van der Waals surface area (Å²) >= 11 is 0. The van der Waals surface area contributed by atoms with Crippen LogP contribution in [0.2, 0.25) is 0 Å². The van der Waals surface area contributed by atoms with Gasteiger partial charge in [0.2, 0.25) is 0 Å². The number of hydrogen-bond donors (Lipinski definition) is 1. The molecule has 1 saturated carbocycles. The van der Waals surface area contributed by atoms with Crippen LogP contribution in [0, 0.1) is 11.7 Å². The standard InChI is InChI=1S/C14H20FNO/c1-9-6-12(7-9)16-10(2)11-4-5-13(15)14(8-11)17-3/h4-5,8-10,12,16H,6-7H2,1-3H3. The lowest BCUT2D eigenvalue weighted by Gasteiger charge is -2.35. The molecule has 2 rings (SSSR count). The second kappa shape index (κ2) is 5.05. The molecule has 0 bridgehead atoms. The fraction of sp³-hybridized carbons (Fsp3) is 0.571. The van der Waals surface area contributed by atoms with Crippen LogP contribution in [0.3, 0.4) is 0 Å². The first-order chi connectivity index (χ1) is 8.10. The number of methoxy groups -OCH3 is 1. The molecule has 3 heteroatoms. The summed E-state index contributed by atoms with van der Waals surface area (Å²) in [5, 5.41) is 3.56. The van der Waals surface area contributed by atoms with Gasteiger partial charge in [-0.05, 0) is 43.4 Å². The second-order valence-corrected chi connectivity index (χ2v) is 5.06. The third kappa shape index (κ3) is 2.78. The highest BCUT2D eigenvalue weighted by molar-refractivity contribution is 5.32. The van der Waals surface area contributed by atoms with Crippen LogP contribution in [-0.4, -0.2) is 13.2 Å². The van der Waals surface area contributed by atoms with Gasteiger partial charge in [0, 0.05) is 12.1 Å². The van der Waals surface area contributed by atoms with Gasteiger partial charge in [-0.2, -0.15) is 0 Å². The van der Waals surface area contributed by atoms with E-state index in [1.165, 1.54) is 26.0 Å². The molecule has 0 aromatic heterocycles. The summed E-state index contributed by atoms with van der Waals surface area (Å²) in [7, 11) is 1.49. The third-order valence-electron chi connectivity index (χ3n) is 3.53. The minimum atomic E-state index is -0.305. The smallest absolute Gasteiger partial charge is 0.165 e. The van der Waals surface area contributed by atoms with Gasteiger partial charge in [-0.25, -0.2) is 4.39 Å². The Morgan fingerprint density at radius 3 is 2.71 bits per heavy atom. The maximum absolute atomic E-state index is 13.3. The Hall–Kier alpha value is -1.09. The van der Waals surface area contributed by atoms with Crippen LogP contribution in [-0.2, 0) is 0 Å². The summed E-state index contributed by atoms with van der Waals surface area (Å²) in [5.41, 5.74) is 1.07. The van der Waals surface area contributed by atoms with Gasteiger partial charge in [-0.3, -0.25) is 0 Å². The molecule has 1 N–H and O–H groups in total. The van der Waals surface area contributed by atoms with Crippen molar-refractivity contribution in [2.24, 2.45) is 5.92 Å². The summed E-state index contributed by atoms with van der Waals surface area (Å²) < 4.78 is 18.3. The van der Waals surface area contributed by atoms with E-state index in [0.717, 1.165) is 11.5 Å². The van der Waals surface area contributed by atoms with Crippen molar-refractivity contribution in [3.05, 3.63) is 29.6 Å². The average molecular weight is 237 g/mol. The number of hydrogen-bond acceptors (Lipinski definition) is 2. The first kappa shape index (κ1) is 12.4. The van der Waals surface area contributed by atoms with E-state index in [1.807, 2.05) is 6.07 Å². The summed E-state index contributed by atoms with van der Waals surface area (Å²) in [5.74, 6) is 0.848. The molecule has 1 aromatic carbocycles. The van der Waals surface area contributed by atoms with Crippen LogP contribution < -0.4 is 10.1 Å². The highest BCUT2D eigenvalue weighted by atomic mass is 19.1. The molecule has 1 atom stereocenters. The Kier molecular flexibility index (Phi) is 3.67. The summed E-state index contributed by atoms with van der Waals surface area (Å²) in [6.45, 7) is 4.37. The zero-order valence-corrected chi connectivity index (χ0v) is 10.7.